The third-order valence-corrected chi connectivity index (χ3v) is 3.21. The summed E-state index contributed by atoms with van der Waals surface area (Å²) in [5.41, 5.74) is 5.57. The Kier molecular flexibility index (Phi) is 4.71. The van der Waals surface area contributed by atoms with E-state index < -0.39 is 0 Å². The maximum atomic E-state index is 13.2. The first kappa shape index (κ1) is 14.5. The average molecular weight is 274 g/mol. The summed E-state index contributed by atoms with van der Waals surface area (Å²) < 4.78 is 18.7. The molecule has 0 aliphatic carbocycles. The van der Waals surface area contributed by atoms with Crippen LogP contribution in [0.1, 0.15) is 29.7 Å². The van der Waals surface area contributed by atoms with E-state index in [2.05, 4.69) is 5.43 Å². The minimum absolute atomic E-state index is 0.198. The van der Waals surface area contributed by atoms with Crippen LogP contribution in [0.15, 0.2) is 42.5 Å². The summed E-state index contributed by atoms with van der Waals surface area (Å²) in [5.74, 6) is 6.23. The van der Waals surface area contributed by atoms with Gasteiger partial charge in [0, 0.05) is 0 Å². The van der Waals surface area contributed by atoms with E-state index in [9.17, 15) is 4.39 Å². The van der Waals surface area contributed by atoms with Crippen LogP contribution in [0.4, 0.5) is 4.39 Å². The molecule has 0 aliphatic rings. The lowest BCUT2D eigenvalue weighted by Gasteiger charge is -2.20. The van der Waals surface area contributed by atoms with E-state index in [0.29, 0.717) is 6.61 Å². The molecule has 0 bridgehead atoms. The number of hydrazine groups is 1. The van der Waals surface area contributed by atoms with Crippen molar-refractivity contribution in [2.75, 3.05) is 6.61 Å². The zero-order valence-corrected chi connectivity index (χ0v) is 11.7. The lowest BCUT2D eigenvalue weighted by Crippen LogP contribution is -2.29. The van der Waals surface area contributed by atoms with Crippen molar-refractivity contribution in [3.05, 3.63) is 65.0 Å². The Hall–Kier alpha value is -1.91. The van der Waals surface area contributed by atoms with Gasteiger partial charge < -0.3 is 4.74 Å². The van der Waals surface area contributed by atoms with Crippen molar-refractivity contribution in [3.63, 3.8) is 0 Å². The molecule has 1 unspecified atom stereocenters. The molecule has 0 aromatic heterocycles. The van der Waals surface area contributed by atoms with Crippen LogP contribution in [0.2, 0.25) is 0 Å². The highest BCUT2D eigenvalue weighted by molar-refractivity contribution is 5.39. The molecule has 2 aromatic rings. The van der Waals surface area contributed by atoms with Gasteiger partial charge in [0.25, 0.3) is 0 Å². The third kappa shape index (κ3) is 3.15. The third-order valence-electron chi connectivity index (χ3n) is 3.21. The Morgan fingerprint density at radius 1 is 1.25 bits per heavy atom. The van der Waals surface area contributed by atoms with Gasteiger partial charge in [-0.2, -0.15) is 0 Å². The quantitative estimate of drug-likeness (QED) is 0.650. The fourth-order valence-electron chi connectivity index (χ4n) is 2.28. The van der Waals surface area contributed by atoms with Crippen LogP contribution in [-0.2, 0) is 0 Å². The minimum Gasteiger partial charge on any atom is -0.494 e. The van der Waals surface area contributed by atoms with Gasteiger partial charge in [0.05, 0.1) is 12.6 Å². The van der Waals surface area contributed by atoms with E-state index in [-0.39, 0.29) is 11.9 Å². The topological polar surface area (TPSA) is 47.3 Å². The molecule has 1 atom stereocenters. The first-order valence-corrected chi connectivity index (χ1v) is 6.60. The zero-order valence-electron chi connectivity index (χ0n) is 11.7. The lowest BCUT2D eigenvalue weighted by molar-refractivity contribution is 0.339. The van der Waals surface area contributed by atoms with E-state index in [0.717, 1.165) is 22.4 Å². The molecule has 0 aliphatic heterocycles. The molecule has 2 aromatic carbocycles. The molecule has 4 heteroatoms. The molecule has 3 nitrogen and oxygen atoms in total. The van der Waals surface area contributed by atoms with Crippen LogP contribution in [0.3, 0.4) is 0 Å². The van der Waals surface area contributed by atoms with Crippen molar-refractivity contribution in [2.24, 2.45) is 5.84 Å². The molecular formula is C16H19FN2O. The van der Waals surface area contributed by atoms with Gasteiger partial charge in [0.2, 0.25) is 0 Å². The molecule has 20 heavy (non-hydrogen) atoms. The van der Waals surface area contributed by atoms with Crippen LogP contribution >= 0.6 is 0 Å². The molecule has 0 fully saturated rings. The number of ether oxygens (including phenoxy) is 1. The molecule has 0 radical (unpaired) electrons. The molecule has 0 saturated heterocycles. The Morgan fingerprint density at radius 2 is 2.05 bits per heavy atom. The molecule has 0 amide bonds. The fourth-order valence-corrected chi connectivity index (χ4v) is 2.28. The monoisotopic (exact) mass is 274 g/mol. The minimum atomic E-state index is -0.245. The van der Waals surface area contributed by atoms with Gasteiger partial charge >= 0.3 is 0 Å². The predicted molar refractivity (Wildman–Crippen MR) is 77.9 cm³/mol. The van der Waals surface area contributed by atoms with Crippen molar-refractivity contribution in [2.45, 2.75) is 19.9 Å². The standard InChI is InChI=1S/C16H19FN2O/c1-3-20-14-6-4-5-12(10-14)16(19-18)15-8-7-13(17)9-11(15)2/h4-10,16,19H,3,18H2,1-2H3. The van der Waals surface area contributed by atoms with Gasteiger partial charge in [-0.05, 0) is 54.8 Å². The van der Waals surface area contributed by atoms with E-state index in [1.807, 2.05) is 38.1 Å². The van der Waals surface area contributed by atoms with Gasteiger partial charge in [-0.3, -0.25) is 5.84 Å². The molecule has 106 valence electrons. The highest BCUT2D eigenvalue weighted by Gasteiger charge is 2.15. The second-order valence-corrected chi connectivity index (χ2v) is 4.61. The maximum Gasteiger partial charge on any atom is 0.123 e. The number of aryl methyl sites for hydroxylation is 1. The average Bonchev–Trinajstić information content (AvgIpc) is 2.43. The number of rotatable bonds is 5. The Bertz CT molecular complexity index is 586. The van der Waals surface area contributed by atoms with Gasteiger partial charge in [-0.1, -0.05) is 18.2 Å². The number of halogens is 1. The van der Waals surface area contributed by atoms with Crippen LogP contribution in [0, 0.1) is 12.7 Å². The Balaban J connectivity index is 2.38. The normalized spacial score (nSPS) is 12.2. The van der Waals surface area contributed by atoms with Crippen LogP contribution in [0.25, 0.3) is 0 Å². The number of hydrogen-bond donors (Lipinski definition) is 2. The van der Waals surface area contributed by atoms with E-state index >= 15 is 0 Å². The first-order valence-electron chi connectivity index (χ1n) is 6.60. The SMILES string of the molecule is CCOc1cccc(C(NN)c2ccc(F)cc2C)c1. The zero-order chi connectivity index (χ0) is 14.5. The lowest BCUT2D eigenvalue weighted by atomic mass is 9.95. The fraction of sp³-hybridized carbons (Fsp3) is 0.250. The molecule has 3 N–H and O–H groups in total. The first-order chi connectivity index (χ1) is 9.65. The van der Waals surface area contributed by atoms with Crippen molar-refractivity contribution < 1.29 is 9.13 Å². The number of nitrogens with two attached hydrogens (primary N) is 1. The molecule has 0 heterocycles. The summed E-state index contributed by atoms with van der Waals surface area (Å²) in [7, 11) is 0. The Labute approximate surface area is 118 Å². The van der Waals surface area contributed by atoms with E-state index in [1.165, 1.54) is 12.1 Å². The molecule has 0 saturated carbocycles. The van der Waals surface area contributed by atoms with Crippen molar-refractivity contribution >= 4 is 0 Å². The highest BCUT2D eigenvalue weighted by atomic mass is 19.1. The van der Waals surface area contributed by atoms with Gasteiger partial charge in [0.1, 0.15) is 11.6 Å². The van der Waals surface area contributed by atoms with Gasteiger partial charge in [-0.25, -0.2) is 9.82 Å². The summed E-state index contributed by atoms with van der Waals surface area (Å²) in [4.78, 5) is 0. The van der Waals surface area contributed by atoms with Gasteiger partial charge in [-0.15, -0.1) is 0 Å². The second kappa shape index (κ2) is 6.50. The molecular weight excluding hydrogens is 255 g/mol. The van der Waals surface area contributed by atoms with Crippen molar-refractivity contribution in [3.8, 4) is 5.75 Å². The smallest absolute Gasteiger partial charge is 0.123 e. The highest BCUT2D eigenvalue weighted by Crippen LogP contribution is 2.27. The molecule has 2 rings (SSSR count). The number of nitrogens with one attached hydrogen (secondary N) is 1. The number of hydrogen-bond acceptors (Lipinski definition) is 3. The van der Waals surface area contributed by atoms with Crippen LogP contribution in [0.5, 0.6) is 5.75 Å². The summed E-state index contributed by atoms with van der Waals surface area (Å²) in [5, 5.41) is 0. The van der Waals surface area contributed by atoms with Crippen LogP contribution in [-0.4, -0.2) is 6.61 Å². The maximum absolute atomic E-state index is 13.2. The second-order valence-electron chi connectivity index (χ2n) is 4.61. The van der Waals surface area contributed by atoms with E-state index in [4.69, 9.17) is 10.6 Å². The van der Waals surface area contributed by atoms with Gasteiger partial charge in [0.15, 0.2) is 0 Å². The predicted octanol–water partition coefficient (Wildman–Crippen LogP) is 3.09. The summed E-state index contributed by atoms with van der Waals surface area (Å²) in [6.07, 6.45) is 0. The molecule has 0 spiro atoms. The van der Waals surface area contributed by atoms with Crippen LogP contribution < -0.4 is 16.0 Å². The summed E-state index contributed by atoms with van der Waals surface area (Å²) in [6, 6.07) is 12.2. The summed E-state index contributed by atoms with van der Waals surface area (Å²) >= 11 is 0. The number of benzene rings is 2. The largest absolute Gasteiger partial charge is 0.494 e. The summed E-state index contributed by atoms with van der Waals surface area (Å²) in [6.45, 7) is 4.42. The van der Waals surface area contributed by atoms with E-state index in [1.54, 1.807) is 6.07 Å². The van der Waals surface area contributed by atoms with Crippen molar-refractivity contribution in [1.82, 2.24) is 5.43 Å². The Morgan fingerprint density at radius 3 is 2.70 bits per heavy atom. The van der Waals surface area contributed by atoms with Crippen molar-refractivity contribution in [1.29, 1.82) is 0 Å².